The van der Waals surface area contributed by atoms with Gasteiger partial charge in [-0.3, -0.25) is 0 Å². The SMILES string of the molecule is O=C(Nc1c(Cl)ccc(Cl)c1C(=O)O)NC1CCC1. The Morgan fingerprint density at radius 1 is 1.21 bits per heavy atom. The molecule has 0 bridgehead atoms. The molecular weight excluding hydrogens is 291 g/mol. The molecule has 0 aromatic heterocycles. The smallest absolute Gasteiger partial charge is 0.339 e. The average molecular weight is 303 g/mol. The third-order valence-corrected chi connectivity index (χ3v) is 3.63. The Kier molecular flexibility index (Phi) is 4.17. The van der Waals surface area contributed by atoms with E-state index in [1.54, 1.807) is 0 Å². The van der Waals surface area contributed by atoms with E-state index in [-0.39, 0.29) is 27.3 Å². The number of carbonyl (C=O) groups is 2. The van der Waals surface area contributed by atoms with Crippen molar-refractivity contribution in [1.82, 2.24) is 5.32 Å². The summed E-state index contributed by atoms with van der Waals surface area (Å²) in [6.07, 6.45) is 2.95. The number of carbonyl (C=O) groups excluding carboxylic acids is 1. The number of urea groups is 1. The van der Waals surface area contributed by atoms with E-state index in [4.69, 9.17) is 28.3 Å². The molecule has 5 nitrogen and oxygen atoms in total. The van der Waals surface area contributed by atoms with E-state index in [0.29, 0.717) is 0 Å². The van der Waals surface area contributed by atoms with Gasteiger partial charge in [-0.1, -0.05) is 23.2 Å². The Hall–Kier alpha value is -1.46. The fraction of sp³-hybridized carbons (Fsp3) is 0.333. The number of carboxylic acid groups (broad SMARTS) is 1. The highest BCUT2D eigenvalue weighted by molar-refractivity contribution is 6.38. The van der Waals surface area contributed by atoms with Crippen molar-refractivity contribution in [3.8, 4) is 0 Å². The molecule has 19 heavy (non-hydrogen) atoms. The molecule has 0 heterocycles. The first-order valence-corrected chi connectivity index (χ1v) is 6.53. The van der Waals surface area contributed by atoms with Crippen LogP contribution >= 0.6 is 23.2 Å². The summed E-state index contributed by atoms with van der Waals surface area (Å²) in [4.78, 5) is 22.9. The summed E-state index contributed by atoms with van der Waals surface area (Å²) >= 11 is 11.7. The second-order valence-electron chi connectivity index (χ2n) is 4.31. The van der Waals surface area contributed by atoms with E-state index < -0.39 is 12.0 Å². The molecule has 102 valence electrons. The lowest BCUT2D eigenvalue weighted by atomic mass is 9.93. The summed E-state index contributed by atoms with van der Waals surface area (Å²) in [5, 5.41) is 14.4. The molecule has 2 amide bonds. The molecule has 7 heteroatoms. The van der Waals surface area contributed by atoms with Crippen molar-refractivity contribution in [2.75, 3.05) is 5.32 Å². The van der Waals surface area contributed by atoms with Crippen LogP contribution < -0.4 is 10.6 Å². The predicted octanol–water partition coefficient (Wildman–Crippen LogP) is 3.37. The second kappa shape index (κ2) is 5.67. The summed E-state index contributed by atoms with van der Waals surface area (Å²) in [7, 11) is 0. The molecule has 0 unspecified atom stereocenters. The Morgan fingerprint density at radius 2 is 1.84 bits per heavy atom. The van der Waals surface area contributed by atoms with E-state index in [1.165, 1.54) is 12.1 Å². The highest BCUT2D eigenvalue weighted by atomic mass is 35.5. The zero-order valence-electron chi connectivity index (χ0n) is 9.87. The minimum absolute atomic E-state index is 0.0125. The number of hydrogen-bond acceptors (Lipinski definition) is 2. The van der Waals surface area contributed by atoms with Gasteiger partial charge in [-0.25, -0.2) is 9.59 Å². The molecule has 1 aromatic rings. The number of carboxylic acids is 1. The zero-order chi connectivity index (χ0) is 14.0. The molecular formula is C12H12Cl2N2O3. The summed E-state index contributed by atoms with van der Waals surface area (Å²) in [6, 6.07) is 2.49. The van der Waals surface area contributed by atoms with E-state index in [2.05, 4.69) is 10.6 Å². The maximum absolute atomic E-state index is 11.7. The van der Waals surface area contributed by atoms with Gasteiger partial charge in [-0.2, -0.15) is 0 Å². The lowest BCUT2D eigenvalue weighted by Gasteiger charge is -2.26. The molecule has 1 saturated carbocycles. The highest BCUT2D eigenvalue weighted by Crippen LogP contribution is 2.32. The van der Waals surface area contributed by atoms with Gasteiger partial charge in [-0.05, 0) is 31.4 Å². The lowest BCUT2D eigenvalue weighted by Crippen LogP contribution is -2.42. The number of aromatic carboxylic acids is 1. The van der Waals surface area contributed by atoms with Crippen molar-refractivity contribution in [3.63, 3.8) is 0 Å². The zero-order valence-corrected chi connectivity index (χ0v) is 11.4. The van der Waals surface area contributed by atoms with Gasteiger partial charge in [0.25, 0.3) is 0 Å². The summed E-state index contributed by atoms with van der Waals surface area (Å²) in [5.74, 6) is -1.24. The highest BCUT2D eigenvalue weighted by Gasteiger charge is 2.22. The summed E-state index contributed by atoms with van der Waals surface area (Å²) in [5.41, 5.74) is -0.198. The van der Waals surface area contributed by atoms with Gasteiger partial charge in [-0.15, -0.1) is 0 Å². The van der Waals surface area contributed by atoms with Crippen LogP contribution in [0.15, 0.2) is 12.1 Å². The molecule has 1 aliphatic carbocycles. The average Bonchev–Trinajstić information content (AvgIpc) is 2.28. The first kappa shape index (κ1) is 14.0. The maximum atomic E-state index is 11.7. The second-order valence-corrected chi connectivity index (χ2v) is 5.13. The minimum Gasteiger partial charge on any atom is -0.478 e. The van der Waals surface area contributed by atoms with Crippen molar-refractivity contribution in [2.45, 2.75) is 25.3 Å². The fourth-order valence-electron chi connectivity index (χ4n) is 1.77. The fourth-order valence-corrected chi connectivity index (χ4v) is 2.21. The third-order valence-electron chi connectivity index (χ3n) is 3.00. The van der Waals surface area contributed by atoms with Crippen LogP contribution in [-0.4, -0.2) is 23.1 Å². The standard InChI is InChI=1S/C12H12Cl2N2O3/c13-7-4-5-8(14)10(9(7)11(17)18)16-12(19)15-6-2-1-3-6/h4-6H,1-3H2,(H,17,18)(H2,15,16,19). The van der Waals surface area contributed by atoms with Crippen molar-refractivity contribution in [1.29, 1.82) is 0 Å². The van der Waals surface area contributed by atoms with Gasteiger partial charge >= 0.3 is 12.0 Å². The van der Waals surface area contributed by atoms with Crippen LogP contribution in [0.4, 0.5) is 10.5 Å². The number of rotatable bonds is 3. The van der Waals surface area contributed by atoms with E-state index in [0.717, 1.165) is 19.3 Å². The minimum atomic E-state index is -1.24. The van der Waals surface area contributed by atoms with Crippen molar-refractivity contribution < 1.29 is 14.7 Å². The van der Waals surface area contributed by atoms with Crippen LogP contribution in [0.3, 0.4) is 0 Å². The van der Waals surface area contributed by atoms with E-state index >= 15 is 0 Å². The Balaban J connectivity index is 2.20. The lowest BCUT2D eigenvalue weighted by molar-refractivity contribution is 0.0698. The van der Waals surface area contributed by atoms with Crippen LogP contribution in [0.1, 0.15) is 29.6 Å². The molecule has 0 aliphatic heterocycles. The van der Waals surface area contributed by atoms with Gasteiger partial charge in [0.2, 0.25) is 0 Å². The molecule has 0 spiro atoms. The van der Waals surface area contributed by atoms with Gasteiger partial charge < -0.3 is 15.7 Å². The van der Waals surface area contributed by atoms with Gasteiger partial charge in [0, 0.05) is 6.04 Å². The molecule has 0 atom stereocenters. The van der Waals surface area contributed by atoms with Gasteiger partial charge in [0.15, 0.2) is 0 Å². The number of amides is 2. The number of benzene rings is 1. The van der Waals surface area contributed by atoms with Crippen LogP contribution in [0.2, 0.25) is 10.0 Å². The topological polar surface area (TPSA) is 78.4 Å². The monoisotopic (exact) mass is 302 g/mol. The number of nitrogens with one attached hydrogen (secondary N) is 2. The number of halogens is 2. The maximum Gasteiger partial charge on any atom is 0.339 e. The number of anilines is 1. The molecule has 1 aromatic carbocycles. The summed E-state index contributed by atoms with van der Waals surface area (Å²) < 4.78 is 0. The van der Waals surface area contributed by atoms with Gasteiger partial charge in [0.05, 0.1) is 15.7 Å². The Morgan fingerprint density at radius 3 is 2.37 bits per heavy atom. The molecule has 0 radical (unpaired) electrons. The van der Waals surface area contributed by atoms with Crippen LogP contribution in [0.25, 0.3) is 0 Å². The molecule has 1 fully saturated rings. The van der Waals surface area contributed by atoms with Crippen LogP contribution in [-0.2, 0) is 0 Å². The quantitative estimate of drug-likeness (QED) is 0.801. The van der Waals surface area contributed by atoms with Crippen LogP contribution in [0, 0.1) is 0 Å². The van der Waals surface area contributed by atoms with Crippen molar-refractivity contribution >= 4 is 40.9 Å². The van der Waals surface area contributed by atoms with Crippen molar-refractivity contribution in [2.24, 2.45) is 0 Å². The molecule has 0 saturated heterocycles. The third kappa shape index (κ3) is 3.11. The summed E-state index contributed by atoms with van der Waals surface area (Å²) in [6.45, 7) is 0. The van der Waals surface area contributed by atoms with E-state index in [1.807, 2.05) is 0 Å². The van der Waals surface area contributed by atoms with Crippen LogP contribution in [0.5, 0.6) is 0 Å². The van der Waals surface area contributed by atoms with Crippen molar-refractivity contribution in [3.05, 3.63) is 27.7 Å². The predicted molar refractivity (Wildman–Crippen MR) is 73.2 cm³/mol. The largest absolute Gasteiger partial charge is 0.478 e. The van der Waals surface area contributed by atoms with Gasteiger partial charge in [0.1, 0.15) is 5.56 Å². The normalized spacial score (nSPS) is 14.6. The molecule has 1 aliphatic rings. The molecule has 3 N–H and O–H groups in total. The first-order chi connectivity index (χ1) is 8.99. The Labute approximate surface area is 119 Å². The number of hydrogen-bond donors (Lipinski definition) is 3. The molecule has 2 rings (SSSR count). The van der Waals surface area contributed by atoms with E-state index in [9.17, 15) is 9.59 Å². The first-order valence-electron chi connectivity index (χ1n) is 5.78. The Bertz CT molecular complexity index is 530.